The van der Waals surface area contributed by atoms with E-state index < -0.39 is 0 Å². The molecule has 1 aromatic rings. The number of halogens is 2. The van der Waals surface area contributed by atoms with E-state index in [1.165, 1.54) is 18.5 Å². The summed E-state index contributed by atoms with van der Waals surface area (Å²) < 4.78 is 14.3. The number of hydrogen-bond acceptors (Lipinski definition) is 2. The van der Waals surface area contributed by atoms with Gasteiger partial charge in [-0.1, -0.05) is 0 Å². The van der Waals surface area contributed by atoms with Crippen LogP contribution in [0.1, 0.15) is 26.2 Å². The molecule has 0 amide bonds. The normalized spacial score (nSPS) is 28.3. The van der Waals surface area contributed by atoms with E-state index in [1.807, 2.05) is 6.07 Å². The highest BCUT2D eigenvalue weighted by Crippen LogP contribution is 2.41. The van der Waals surface area contributed by atoms with E-state index in [0.29, 0.717) is 0 Å². The largest absolute Gasteiger partial charge is 0.369 e. The van der Waals surface area contributed by atoms with Crippen LogP contribution in [0.2, 0.25) is 0 Å². The van der Waals surface area contributed by atoms with Crippen molar-refractivity contribution in [1.82, 2.24) is 5.32 Å². The lowest BCUT2D eigenvalue weighted by Gasteiger charge is -2.35. The molecule has 3 rings (SSSR count). The molecule has 1 aliphatic carbocycles. The third-order valence-corrected chi connectivity index (χ3v) is 5.25. The van der Waals surface area contributed by atoms with Crippen molar-refractivity contribution >= 4 is 28.3 Å². The Balaban J connectivity index is 1.86. The second-order valence-electron chi connectivity index (χ2n) is 5.99. The van der Waals surface area contributed by atoms with Crippen LogP contribution in [0.15, 0.2) is 18.2 Å². The topological polar surface area (TPSA) is 15.3 Å². The first-order valence-corrected chi connectivity index (χ1v) is 8.11. The molecule has 1 unspecified atom stereocenters. The fraction of sp³-hybridized carbons (Fsp3) is 0.600. The van der Waals surface area contributed by atoms with Gasteiger partial charge in [0.2, 0.25) is 0 Å². The number of hydrogen-bond donors (Lipinski definition) is 1. The van der Waals surface area contributed by atoms with Gasteiger partial charge in [0.15, 0.2) is 0 Å². The molecule has 2 aliphatic rings. The summed E-state index contributed by atoms with van der Waals surface area (Å²) in [5.74, 6) is 0.664. The summed E-state index contributed by atoms with van der Waals surface area (Å²) in [6, 6.07) is 5.13. The van der Waals surface area contributed by atoms with E-state index in [2.05, 4.69) is 39.7 Å². The molecule has 19 heavy (non-hydrogen) atoms. The SMILES string of the molecule is CC1(C2CC2)CN(c2ccc(F)cc2I)CCCN1. The summed E-state index contributed by atoms with van der Waals surface area (Å²) in [5.41, 5.74) is 1.39. The van der Waals surface area contributed by atoms with Crippen molar-refractivity contribution < 1.29 is 4.39 Å². The summed E-state index contributed by atoms with van der Waals surface area (Å²) >= 11 is 2.24. The summed E-state index contributed by atoms with van der Waals surface area (Å²) in [4.78, 5) is 2.43. The van der Waals surface area contributed by atoms with Crippen molar-refractivity contribution in [3.05, 3.63) is 27.6 Å². The van der Waals surface area contributed by atoms with Gasteiger partial charge in [0.05, 0.1) is 5.69 Å². The predicted octanol–water partition coefficient (Wildman–Crippen LogP) is 3.40. The molecular formula is C15H20FIN2. The number of nitrogens with one attached hydrogen (secondary N) is 1. The molecule has 2 nitrogen and oxygen atoms in total. The molecule has 0 bridgehead atoms. The smallest absolute Gasteiger partial charge is 0.124 e. The van der Waals surface area contributed by atoms with E-state index in [-0.39, 0.29) is 11.4 Å². The minimum Gasteiger partial charge on any atom is -0.369 e. The molecule has 0 aromatic heterocycles. The predicted molar refractivity (Wildman–Crippen MR) is 85.1 cm³/mol. The Hall–Kier alpha value is -0.360. The van der Waals surface area contributed by atoms with Gasteiger partial charge in [-0.25, -0.2) is 4.39 Å². The van der Waals surface area contributed by atoms with Crippen LogP contribution in [0.4, 0.5) is 10.1 Å². The molecule has 104 valence electrons. The van der Waals surface area contributed by atoms with Crippen LogP contribution in [0.5, 0.6) is 0 Å². The lowest BCUT2D eigenvalue weighted by molar-refractivity contribution is 0.331. The van der Waals surface area contributed by atoms with Crippen LogP contribution in [-0.2, 0) is 0 Å². The fourth-order valence-electron chi connectivity index (χ4n) is 3.11. The average Bonchev–Trinajstić information content (AvgIpc) is 3.16. The molecule has 1 N–H and O–H groups in total. The van der Waals surface area contributed by atoms with Crippen molar-refractivity contribution in [3.63, 3.8) is 0 Å². The minimum atomic E-state index is -0.147. The van der Waals surface area contributed by atoms with Gasteiger partial charge in [-0.05, 0) is 79.4 Å². The number of anilines is 1. The van der Waals surface area contributed by atoms with Gasteiger partial charge in [0, 0.05) is 22.2 Å². The maximum absolute atomic E-state index is 13.2. The van der Waals surface area contributed by atoms with Crippen LogP contribution in [0.25, 0.3) is 0 Å². The third kappa shape index (κ3) is 2.89. The van der Waals surface area contributed by atoms with Crippen LogP contribution >= 0.6 is 22.6 Å². The molecule has 1 atom stereocenters. The standard InChI is InChI=1S/C15H20FIN2/c1-15(11-3-4-11)10-19(8-2-7-18-15)14-6-5-12(16)9-13(14)17/h5-6,9,11,18H,2-4,7-8,10H2,1H3. The Bertz CT molecular complexity index is 475. The van der Waals surface area contributed by atoms with Crippen molar-refractivity contribution in [1.29, 1.82) is 0 Å². The first-order valence-electron chi connectivity index (χ1n) is 7.03. The second-order valence-corrected chi connectivity index (χ2v) is 7.15. The first-order chi connectivity index (χ1) is 9.08. The third-order valence-electron chi connectivity index (χ3n) is 4.38. The zero-order valence-corrected chi connectivity index (χ0v) is 13.4. The Morgan fingerprint density at radius 3 is 2.89 bits per heavy atom. The van der Waals surface area contributed by atoms with E-state index >= 15 is 0 Å². The summed E-state index contributed by atoms with van der Waals surface area (Å²) in [7, 11) is 0. The van der Waals surface area contributed by atoms with Crippen molar-refractivity contribution in [2.75, 3.05) is 24.5 Å². The van der Waals surface area contributed by atoms with Crippen molar-refractivity contribution in [2.45, 2.75) is 31.7 Å². The molecule has 2 fully saturated rings. The molecule has 1 aliphatic heterocycles. The fourth-order valence-corrected chi connectivity index (χ4v) is 3.93. The van der Waals surface area contributed by atoms with Gasteiger partial charge >= 0.3 is 0 Å². The highest BCUT2D eigenvalue weighted by atomic mass is 127. The summed E-state index contributed by atoms with van der Waals surface area (Å²) in [5, 5.41) is 3.73. The number of nitrogens with zero attached hydrogens (tertiary/aromatic N) is 1. The molecule has 1 heterocycles. The molecule has 0 radical (unpaired) electrons. The summed E-state index contributed by atoms with van der Waals surface area (Å²) in [6.07, 6.45) is 3.84. The lowest BCUT2D eigenvalue weighted by atomic mass is 9.95. The Morgan fingerprint density at radius 2 is 2.21 bits per heavy atom. The molecule has 0 spiro atoms. The second kappa shape index (κ2) is 5.20. The molecule has 4 heteroatoms. The van der Waals surface area contributed by atoms with E-state index in [9.17, 15) is 4.39 Å². The summed E-state index contributed by atoms with van der Waals surface area (Å²) in [6.45, 7) is 5.51. The molecule has 1 aromatic carbocycles. The number of rotatable bonds is 2. The number of benzene rings is 1. The molecule has 1 saturated heterocycles. The van der Waals surface area contributed by atoms with E-state index in [4.69, 9.17) is 0 Å². The maximum atomic E-state index is 13.2. The van der Waals surface area contributed by atoms with Gasteiger partial charge in [0.1, 0.15) is 5.82 Å². The van der Waals surface area contributed by atoms with Gasteiger partial charge in [-0.15, -0.1) is 0 Å². The van der Waals surface area contributed by atoms with Crippen LogP contribution in [0.3, 0.4) is 0 Å². The minimum absolute atomic E-state index is 0.147. The zero-order valence-electron chi connectivity index (χ0n) is 11.3. The van der Waals surface area contributed by atoms with Crippen molar-refractivity contribution in [3.8, 4) is 0 Å². The molecular weight excluding hydrogens is 354 g/mol. The van der Waals surface area contributed by atoms with Gasteiger partial charge in [-0.2, -0.15) is 0 Å². The lowest BCUT2D eigenvalue weighted by Crippen LogP contribution is -2.51. The van der Waals surface area contributed by atoms with Crippen molar-refractivity contribution in [2.24, 2.45) is 5.92 Å². The zero-order chi connectivity index (χ0) is 13.5. The monoisotopic (exact) mass is 374 g/mol. The van der Waals surface area contributed by atoms with Crippen LogP contribution < -0.4 is 10.2 Å². The van der Waals surface area contributed by atoms with Gasteiger partial charge in [0.25, 0.3) is 0 Å². The highest BCUT2D eigenvalue weighted by molar-refractivity contribution is 14.1. The van der Waals surface area contributed by atoms with Crippen LogP contribution in [0, 0.1) is 15.3 Å². The van der Waals surface area contributed by atoms with Gasteiger partial charge < -0.3 is 10.2 Å². The highest BCUT2D eigenvalue weighted by Gasteiger charge is 2.43. The Morgan fingerprint density at radius 1 is 1.42 bits per heavy atom. The van der Waals surface area contributed by atoms with Gasteiger partial charge in [-0.3, -0.25) is 0 Å². The maximum Gasteiger partial charge on any atom is 0.124 e. The van der Waals surface area contributed by atoms with E-state index in [0.717, 1.165) is 35.5 Å². The quantitative estimate of drug-likeness (QED) is 0.799. The first kappa shape index (κ1) is 13.6. The van der Waals surface area contributed by atoms with E-state index in [1.54, 1.807) is 12.1 Å². The average molecular weight is 374 g/mol. The molecule has 1 saturated carbocycles. The Labute approximate surface area is 127 Å². The Kier molecular flexibility index (Phi) is 3.73. The van der Waals surface area contributed by atoms with Crippen LogP contribution in [-0.4, -0.2) is 25.2 Å².